The summed E-state index contributed by atoms with van der Waals surface area (Å²) in [6.45, 7) is -0.515. The number of benzene rings is 2. The molecule has 0 saturated carbocycles. The summed E-state index contributed by atoms with van der Waals surface area (Å²) in [5.41, 5.74) is 2.21. The van der Waals surface area contributed by atoms with E-state index in [-0.39, 0.29) is 5.91 Å². The van der Waals surface area contributed by atoms with Crippen LogP contribution >= 0.6 is 0 Å². The van der Waals surface area contributed by atoms with Crippen LogP contribution in [0.3, 0.4) is 0 Å². The first-order valence-electron chi connectivity index (χ1n) is 9.54. The lowest BCUT2D eigenvalue weighted by Gasteiger charge is -2.40. The highest BCUT2D eigenvalue weighted by Gasteiger charge is 2.44. The van der Waals surface area contributed by atoms with Crippen LogP contribution in [0.5, 0.6) is 0 Å². The van der Waals surface area contributed by atoms with Crippen molar-refractivity contribution in [2.45, 2.75) is 30.5 Å². The van der Waals surface area contributed by atoms with E-state index in [1.165, 1.54) is 0 Å². The molecule has 0 aliphatic carbocycles. The van der Waals surface area contributed by atoms with Gasteiger partial charge in [-0.15, -0.1) is 0 Å². The molecule has 30 heavy (non-hydrogen) atoms. The number of aliphatic hydroxyl groups excluding tert-OH is 4. The van der Waals surface area contributed by atoms with Gasteiger partial charge in [-0.05, 0) is 42.0 Å². The molecule has 1 saturated heterocycles. The molecule has 5 atom stereocenters. The number of hydrogen-bond donors (Lipinski definition) is 5. The van der Waals surface area contributed by atoms with Crippen LogP contribution in [0.25, 0.3) is 10.9 Å². The highest BCUT2D eigenvalue weighted by atomic mass is 16.5. The minimum absolute atomic E-state index is 0.329. The summed E-state index contributed by atoms with van der Waals surface area (Å²) in [4.78, 5) is 17.0. The second kappa shape index (κ2) is 8.47. The Hall–Kier alpha value is -2.88. The lowest BCUT2D eigenvalue weighted by atomic mass is 9.90. The predicted molar refractivity (Wildman–Crippen MR) is 109 cm³/mol. The number of aliphatic hydroxyl groups is 4. The van der Waals surface area contributed by atoms with E-state index < -0.39 is 37.1 Å². The number of carbonyl (C=O) groups is 1. The van der Waals surface area contributed by atoms with Crippen molar-refractivity contribution >= 4 is 22.5 Å². The number of fused-ring (bicyclic) bond motifs is 1. The molecule has 8 nitrogen and oxygen atoms in total. The molecule has 4 rings (SSSR count). The zero-order valence-corrected chi connectivity index (χ0v) is 15.9. The van der Waals surface area contributed by atoms with Crippen LogP contribution in [0.4, 0.5) is 5.69 Å². The van der Waals surface area contributed by atoms with E-state index in [9.17, 15) is 25.2 Å². The molecule has 0 spiro atoms. The van der Waals surface area contributed by atoms with E-state index in [1.807, 2.05) is 24.3 Å². The quantitative estimate of drug-likeness (QED) is 0.433. The molecule has 5 N–H and O–H groups in total. The second-order valence-electron chi connectivity index (χ2n) is 7.24. The van der Waals surface area contributed by atoms with Gasteiger partial charge in [-0.2, -0.15) is 0 Å². The fraction of sp³-hybridized carbons (Fsp3) is 0.273. The van der Waals surface area contributed by atoms with Gasteiger partial charge in [0.1, 0.15) is 30.5 Å². The van der Waals surface area contributed by atoms with Crippen molar-refractivity contribution in [2.75, 3.05) is 11.9 Å². The number of hydrogen-bond acceptors (Lipinski definition) is 7. The number of nitrogens with one attached hydrogen (secondary N) is 1. The molecule has 2 heterocycles. The first-order chi connectivity index (χ1) is 14.5. The Balaban J connectivity index is 1.55. The van der Waals surface area contributed by atoms with E-state index >= 15 is 0 Å². The Morgan fingerprint density at radius 3 is 2.63 bits per heavy atom. The lowest BCUT2D eigenvalue weighted by Crippen LogP contribution is -2.55. The lowest BCUT2D eigenvalue weighted by molar-refractivity contribution is -0.231. The average molecular weight is 410 g/mol. The summed E-state index contributed by atoms with van der Waals surface area (Å²) in [6.07, 6.45) is -4.64. The molecule has 156 valence electrons. The molecular weight excluding hydrogens is 388 g/mol. The number of aromatic nitrogens is 1. The third-order valence-electron chi connectivity index (χ3n) is 5.23. The molecule has 1 fully saturated rings. The maximum absolute atomic E-state index is 12.7. The van der Waals surface area contributed by atoms with Gasteiger partial charge in [0.15, 0.2) is 0 Å². The van der Waals surface area contributed by atoms with Gasteiger partial charge in [-0.3, -0.25) is 9.78 Å². The zero-order chi connectivity index (χ0) is 21.3. The third-order valence-corrected chi connectivity index (χ3v) is 5.23. The molecule has 0 bridgehead atoms. The maximum atomic E-state index is 12.7. The number of amides is 1. The summed E-state index contributed by atoms with van der Waals surface area (Å²) in [5.74, 6) is -0.357. The van der Waals surface area contributed by atoms with Crippen LogP contribution in [0.2, 0.25) is 0 Å². The van der Waals surface area contributed by atoms with Crippen molar-refractivity contribution in [3.63, 3.8) is 0 Å². The first-order valence-corrected chi connectivity index (χ1v) is 9.54. The summed E-state index contributed by atoms with van der Waals surface area (Å²) in [7, 11) is 0. The highest BCUT2D eigenvalue weighted by molar-refractivity contribution is 6.05. The number of carbonyl (C=O) groups excluding carboxylic acids is 1. The van der Waals surface area contributed by atoms with Gasteiger partial charge >= 0.3 is 0 Å². The van der Waals surface area contributed by atoms with Crippen LogP contribution in [-0.4, -0.2) is 62.3 Å². The number of ether oxygens (including phenoxy) is 1. The van der Waals surface area contributed by atoms with E-state index in [4.69, 9.17) is 4.74 Å². The van der Waals surface area contributed by atoms with Crippen molar-refractivity contribution in [3.8, 4) is 0 Å². The van der Waals surface area contributed by atoms with Crippen molar-refractivity contribution in [2.24, 2.45) is 0 Å². The number of rotatable bonds is 4. The van der Waals surface area contributed by atoms with Gasteiger partial charge in [0.2, 0.25) is 0 Å². The van der Waals surface area contributed by atoms with Crippen LogP contribution in [0.15, 0.2) is 60.8 Å². The van der Waals surface area contributed by atoms with Gasteiger partial charge in [0.25, 0.3) is 5.91 Å². The van der Waals surface area contributed by atoms with Gasteiger partial charge in [-0.25, -0.2) is 0 Å². The summed E-state index contributed by atoms with van der Waals surface area (Å²) in [6, 6.07) is 15.6. The van der Waals surface area contributed by atoms with Gasteiger partial charge < -0.3 is 30.5 Å². The molecule has 1 aliphatic heterocycles. The van der Waals surface area contributed by atoms with Gasteiger partial charge in [-0.1, -0.05) is 18.2 Å². The predicted octanol–water partition coefficient (Wildman–Crippen LogP) is 1.00. The third kappa shape index (κ3) is 3.91. The topological polar surface area (TPSA) is 132 Å². The van der Waals surface area contributed by atoms with Crippen LogP contribution in [0.1, 0.15) is 22.0 Å². The molecule has 0 radical (unpaired) electrons. The van der Waals surface area contributed by atoms with Crippen molar-refractivity contribution in [1.82, 2.24) is 4.98 Å². The number of anilines is 1. The van der Waals surface area contributed by atoms with E-state index in [2.05, 4.69) is 10.3 Å². The van der Waals surface area contributed by atoms with Gasteiger partial charge in [0.05, 0.1) is 12.1 Å². The molecule has 8 heteroatoms. The zero-order valence-electron chi connectivity index (χ0n) is 15.9. The van der Waals surface area contributed by atoms with Crippen LogP contribution in [0, 0.1) is 0 Å². The Morgan fingerprint density at radius 2 is 1.83 bits per heavy atom. The minimum atomic E-state index is -1.48. The Bertz CT molecular complexity index is 1060. The van der Waals surface area contributed by atoms with Crippen molar-refractivity contribution < 1.29 is 30.0 Å². The van der Waals surface area contributed by atoms with E-state index in [0.717, 1.165) is 10.9 Å². The second-order valence-corrected chi connectivity index (χ2v) is 7.24. The maximum Gasteiger partial charge on any atom is 0.255 e. The fourth-order valence-electron chi connectivity index (χ4n) is 3.59. The Kier molecular flexibility index (Phi) is 5.76. The summed E-state index contributed by atoms with van der Waals surface area (Å²) in [5, 5.41) is 43.4. The monoisotopic (exact) mass is 410 g/mol. The average Bonchev–Trinajstić information content (AvgIpc) is 2.78. The number of nitrogens with zero attached hydrogens (tertiary/aromatic N) is 1. The van der Waals surface area contributed by atoms with Crippen molar-refractivity contribution in [3.05, 3.63) is 71.9 Å². The molecular formula is C22H22N2O6. The smallest absolute Gasteiger partial charge is 0.255 e. The molecule has 3 aromatic rings. The standard InChI is InChI=1S/C22H22N2O6/c25-11-17-18(26)19(27)20(28)21(30-17)13-3-1-4-14(9-13)22(29)24-15-6-7-16-12(10-15)5-2-8-23-16/h1-10,17-21,25-28H,11H2,(H,24,29)/t17-,18-,19+,20-,21-/m1/s1. The van der Waals surface area contributed by atoms with E-state index in [1.54, 1.807) is 36.5 Å². The number of pyridine rings is 1. The minimum Gasteiger partial charge on any atom is -0.394 e. The summed E-state index contributed by atoms with van der Waals surface area (Å²) >= 11 is 0. The van der Waals surface area contributed by atoms with Crippen molar-refractivity contribution in [1.29, 1.82) is 0 Å². The highest BCUT2D eigenvalue weighted by Crippen LogP contribution is 2.32. The summed E-state index contributed by atoms with van der Waals surface area (Å²) < 4.78 is 5.57. The molecule has 1 aromatic heterocycles. The first kappa shape index (κ1) is 20.4. The Morgan fingerprint density at radius 1 is 1.00 bits per heavy atom. The van der Waals surface area contributed by atoms with E-state index in [0.29, 0.717) is 16.8 Å². The molecule has 1 amide bonds. The largest absolute Gasteiger partial charge is 0.394 e. The Labute approximate surface area is 172 Å². The van der Waals surface area contributed by atoms with Gasteiger partial charge in [0, 0.05) is 22.8 Å². The van der Waals surface area contributed by atoms with Crippen LogP contribution < -0.4 is 5.32 Å². The molecule has 0 unspecified atom stereocenters. The fourth-order valence-corrected chi connectivity index (χ4v) is 3.59. The SMILES string of the molecule is O=C(Nc1ccc2ncccc2c1)c1cccc([C@H]2O[C@H](CO)[C@@H](O)[C@H](O)[C@H]2O)c1. The normalized spacial score (nSPS) is 26.5. The molecule has 2 aromatic carbocycles. The molecule has 1 aliphatic rings. The van der Waals surface area contributed by atoms with Crippen LogP contribution in [-0.2, 0) is 4.74 Å².